The summed E-state index contributed by atoms with van der Waals surface area (Å²) in [4.78, 5) is 14.4. The molecule has 0 aromatic heterocycles. The molecule has 2 saturated heterocycles. The number of carbonyl (C=O) groups excluding carboxylic acids is 1. The average Bonchev–Trinajstić information content (AvgIpc) is 2.92. The van der Waals surface area contributed by atoms with E-state index in [2.05, 4.69) is 29.4 Å². The molecular formula is C14H27N3O2. The fraction of sp³-hybridized carbons (Fsp3) is 0.929. The lowest BCUT2D eigenvalue weighted by atomic mass is 10.0. The van der Waals surface area contributed by atoms with E-state index >= 15 is 0 Å². The number of urea groups is 1. The molecule has 0 aromatic carbocycles. The largest absolute Gasteiger partial charge is 0.381 e. The lowest BCUT2D eigenvalue weighted by molar-refractivity contribution is 0.0797. The highest BCUT2D eigenvalue weighted by atomic mass is 16.5. The molecule has 0 aromatic rings. The summed E-state index contributed by atoms with van der Waals surface area (Å²) in [7, 11) is 0. The van der Waals surface area contributed by atoms with Gasteiger partial charge in [0.05, 0.1) is 0 Å². The molecule has 2 amide bonds. The second-order valence-electron chi connectivity index (χ2n) is 6.22. The number of amides is 2. The van der Waals surface area contributed by atoms with Crippen molar-refractivity contribution in [1.29, 1.82) is 0 Å². The molecule has 2 rings (SSSR count). The van der Waals surface area contributed by atoms with E-state index in [1.807, 2.05) is 0 Å². The SMILES string of the molecule is CC(C)(CNC(=O)NC1CCOCC1)N1CCCC1. The Balaban J connectivity index is 1.69. The third kappa shape index (κ3) is 4.35. The lowest BCUT2D eigenvalue weighted by Crippen LogP contribution is -2.53. The molecule has 19 heavy (non-hydrogen) atoms. The van der Waals surface area contributed by atoms with Crippen molar-refractivity contribution in [3.8, 4) is 0 Å². The van der Waals surface area contributed by atoms with Gasteiger partial charge >= 0.3 is 6.03 Å². The molecule has 2 N–H and O–H groups in total. The van der Waals surface area contributed by atoms with Crippen LogP contribution in [0, 0.1) is 0 Å². The molecule has 0 bridgehead atoms. The highest BCUT2D eigenvalue weighted by molar-refractivity contribution is 5.74. The van der Waals surface area contributed by atoms with Crippen LogP contribution in [0.3, 0.4) is 0 Å². The topological polar surface area (TPSA) is 53.6 Å². The molecule has 110 valence electrons. The van der Waals surface area contributed by atoms with Crippen LogP contribution in [0.15, 0.2) is 0 Å². The first-order valence-electron chi connectivity index (χ1n) is 7.45. The average molecular weight is 269 g/mol. The van der Waals surface area contributed by atoms with Crippen molar-refractivity contribution in [3.05, 3.63) is 0 Å². The quantitative estimate of drug-likeness (QED) is 0.810. The highest BCUT2D eigenvalue weighted by Gasteiger charge is 2.29. The maximum atomic E-state index is 11.9. The predicted molar refractivity (Wildman–Crippen MR) is 75.3 cm³/mol. The predicted octanol–water partition coefficient (Wildman–Crippen LogP) is 1.34. The van der Waals surface area contributed by atoms with Crippen molar-refractivity contribution in [3.63, 3.8) is 0 Å². The van der Waals surface area contributed by atoms with Crippen molar-refractivity contribution < 1.29 is 9.53 Å². The van der Waals surface area contributed by atoms with Gasteiger partial charge in [0.2, 0.25) is 0 Å². The van der Waals surface area contributed by atoms with Gasteiger partial charge in [-0.05, 0) is 52.6 Å². The summed E-state index contributed by atoms with van der Waals surface area (Å²) in [6, 6.07) is 0.225. The minimum Gasteiger partial charge on any atom is -0.381 e. The zero-order valence-electron chi connectivity index (χ0n) is 12.2. The van der Waals surface area contributed by atoms with Gasteiger partial charge in [-0.25, -0.2) is 4.79 Å². The first-order chi connectivity index (χ1) is 9.08. The zero-order valence-corrected chi connectivity index (χ0v) is 12.2. The van der Waals surface area contributed by atoms with Crippen LogP contribution in [0.1, 0.15) is 39.5 Å². The van der Waals surface area contributed by atoms with E-state index < -0.39 is 0 Å². The van der Waals surface area contributed by atoms with Gasteiger partial charge in [0.1, 0.15) is 0 Å². The van der Waals surface area contributed by atoms with Crippen LogP contribution in [0.5, 0.6) is 0 Å². The number of likely N-dealkylation sites (tertiary alicyclic amines) is 1. The fourth-order valence-corrected chi connectivity index (χ4v) is 2.81. The van der Waals surface area contributed by atoms with Gasteiger partial charge in [0.15, 0.2) is 0 Å². The molecule has 0 saturated carbocycles. The summed E-state index contributed by atoms with van der Waals surface area (Å²) in [5.74, 6) is 0. The molecule has 2 fully saturated rings. The molecule has 2 heterocycles. The first-order valence-corrected chi connectivity index (χ1v) is 7.45. The molecule has 0 spiro atoms. The van der Waals surface area contributed by atoms with Gasteiger partial charge in [0.25, 0.3) is 0 Å². The molecule has 0 unspecified atom stereocenters. The molecule has 0 atom stereocenters. The van der Waals surface area contributed by atoms with Crippen LogP contribution in [0.2, 0.25) is 0 Å². The Kier molecular flexibility index (Phi) is 5.05. The highest BCUT2D eigenvalue weighted by Crippen LogP contribution is 2.20. The van der Waals surface area contributed by atoms with Crippen molar-refractivity contribution in [2.24, 2.45) is 0 Å². The molecule has 5 heteroatoms. The molecule has 0 aliphatic carbocycles. The number of rotatable bonds is 4. The van der Waals surface area contributed by atoms with E-state index in [-0.39, 0.29) is 17.6 Å². The summed E-state index contributed by atoms with van der Waals surface area (Å²) < 4.78 is 5.28. The van der Waals surface area contributed by atoms with E-state index in [4.69, 9.17) is 4.74 Å². The van der Waals surface area contributed by atoms with E-state index in [1.54, 1.807) is 0 Å². The summed E-state index contributed by atoms with van der Waals surface area (Å²) >= 11 is 0. The first kappa shape index (κ1) is 14.6. The fourth-order valence-electron chi connectivity index (χ4n) is 2.81. The van der Waals surface area contributed by atoms with Gasteiger partial charge in [-0.1, -0.05) is 0 Å². The maximum absolute atomic E-state index is 11.9. The minimum absolute atomic E-state index is 0.0424. The van der Waals surface area contributed by atoms with Crippen molar-refractivity contribution in [1.82, 2.24) is 15.5 Å². The maximum Gasteiger partial charge on any atom is 0.315 e. The number of nitrogens with one attached hydrogen (secondary N) is 2. The van der Waals surface area contributed by atoms with Crippen LogP contribution in [-0.4, -0.2) is 55.4 Å². The second kappa shape index (κ2) is 6.57. The standard InChI is InChI=1S/C14H27N3O2/c1-14(2,17-7-3-4-8-17)11-15-13(18)16-12-5-9-19-10-6-12/h12H,3-11H2,1-2H3,(H2,15,16,18). The molecule has 2 aliphatic heterocycles. The third-order valence-corrected chi connectivity index (χ3v) is 4.20. The van der Waals surface area contributed by atoms with Crippen LogP contribution in [-0.2, 0) is 4.74 Å². The zero-order chi connectivity index (χ0) is 13.7. The minimum atomic E-state index is -0.0424. The Morgan fingerprint density at radius 3 is 2.53 bits per heavy atom. The summed E-state index contributed by atoms with van der Waals surface area (Å²) in [5.41, 5.74) is 0.0452. The summed E-state index contributed by atoms with van der Waals surface area (Å²) in [6.45, 7) is 8.91. The van der Waals surface area contributed by atoms with E-state index in [0.717, 1.165) is 39.1 Å². The molecular weight excluding hydrogens is 242 g/mol. The van der Waals surface area contributed by atoms with Gasteiger partial charge in [-0.3, -0.25) is 4.90 Å². The van der Waals surface area contributed by atoms with E-state index in [0.29, 0.717) is 6.54 Å². The van der Waals surface area contributed by atoms with Gasteiger partial charge in [-0.2, -0.15) is 0 Å². The normalized spacial score (nSPS) is 22.4. The number of carbonyl (C=O) groups is 1. The number of nitrogens with zero attached hydrogens (tertiary/aromatic N) is 1. The molecule has 0 radical (unpaired) electrons. The summed E-state index contributed by atoms with van der Waals surface area (Å²) in [6.07, 6.45) is 4.39. The van der Waals surface area contributed by atoms with Gasteiger partial charge in [0, 0.05) is 31.3 Å². The molecule has 5 nitrogen and oxygen atoms in total. The van der Waals surface area contributed by atoms with Crippen LogP contribution in [0.25, 0.3) is 0 Å². The van der Waals surface area contributed by atoms with E-state index in [9.17, 15) is 4.79 Å². The second-order valence-corrected chi connectivity index (χ2v) is 6.22. The number of ether oxygens (including phenoxy) is 1. The van der Waals surface area contributed by atoms with Crippen molar-refractivity contribution in [2.75, 3.05) is 32.8 Å². The number of hydrogen-bond donors (Lipinski definition) is 2. The van der Waals surface area contributed by atoms with Crippen molar-refractivity contribution in [2.45, 2.75) is 51.1 Å². The molecule has 2 aliphatic rings. The Morgan fingerprint density at radius 1 is 1.26 bits per heavy atom. The van der Waals surface area contributed by atoms with Crippen LogP contribution in [0.4, 0.5) is 4.79 Å². The number of hydrogen-bond acceptors (Lipinski definition) is 3. The van der Waals surface area contributed by atoms with Crippen molar-refractivity contribution >= 4 is 6.03 Å². The smallest absolute Gasteiger partial charge is 0.315 e. The summed E-state index contributed by atoms with van der Waals surface area (Å²) in [5, 5.41) is 6.05. The lowest BCUT2D eigenvalue weighted by Gasteiger charge is -2.35. The van der Waals surface area contributed by atoms with E-state index in [1.165, 1.54) is 12.8 Å². The van der Waals surface area contributed by atoms with Gasteiger partial charge < -0.3 is 15.4 Å². The third-order valence-electron chi connectivity index (χ3n) is 4.20. The van der Waals surface area contributed by atoms with Crippen LogP contribution < -0.4 is 10.6 Å². The Morgan fingerprint density at radius 2 is 1.89 bits per heavy atom. The Hall–Kier alpha value is -0.810. The Labute approximate surface area is 116 Å². The van der Waals surface area contributed by atoms with Gasteiger partial charge in [-0.15, -0.1) is 0 Å². The van der Waals surface area contributed by atoms with Crippen LogP contribution >= 0.6 is 0 Å². The Bertz CT molecular complexity index is 295. The monoisotopic (exact) mass is 269 g/mol.